The number of benzene rings is 1. The molecule has 8 amide bonds. The number of nitrogens with one attached hydrogen (secondary N) is 7. The van der Waals surface area contributed by atoms with Crippen LogP contribution in [0.25, 0.3) is 0 Å². The third-order valence-electron chi connectivity index (χ3n) is 9.14. The molecule has 1 heterocycles. The molecule has 6 atom stereocenters. The summed E-state index contributed by atoms with van der Waals surface area (Å²) in [7, 11) is 0. The number of halogens is 1. The van der Waals surface area contributed by atoms with Crippen molar-refractivity contribution in [1.29, 1.82) is 0 Å². The van der Waals surface area contributed by atoms with Crippen LogP contribution >= 0.6 is 11.6 Å². The molecular weight excluding hydrogens is 776 g/mol. The van der Waals surface area contributed by atoms with Gasteiger partial charge in [0.15, 0.2) is 5.96 Å². The predicted molar refractivity (Wildman–Crippen MR) is 216 cm³/mol. The van der Waals surface area contributed by atoms with E-state index in [0.29, 0.717) is 17.0 Å². The fourth-order valence-corrected chi connectivity index (χ4v) is 6.11. The highest BCUT2D eigenvalue weighted by Gasteiger charge is 2.33. The summed E-state index contributed by atoms with van der Waals surface area (Å²) in [4.78, 5) is 110. The van der Waals surface area contributed by atoms with E-state index in [0.717, 1.165) is 6.42 Å². The summed E-state index contributed by atoms with van der Waals surface area (Å²) in [6, 6.07) is -0.950. The largest absolute Gasteiger partial charge is 0.370 e. The van der Waals surface area contributed by atoms with Crippen LogP contribution in [0.5, 0.6) is 0 Å². The minimum Gasteiger partial charge on any atom is -0.370 e. The molecule has 1 aliphatic rings. The van der Waals surface area contributed by atoms with Gasteiger partial charge in [0.25, 0.3) is 0 Å². The molecule has 0 aliphatic carbocycles. The molecule has 0 bridgehead atoms. The normalized spacial score (nSPS) is 21.9. The monoisotopic (exact) mass is 834 g/mol. The first-order valence-electron chi connectivity index (χ1n) is 19.4. The van der Waals surface area contributed by atoms with Crippen LogP contribution in [-0.2, 0) is 44.8 Å². The Bertz CT molecular complexity index is 1610. The number of guanidine groups is 1. The van der Waals surface area contributed by atoms with E-state index in [2.05, 4.69) is 42.2 Å². The minimum atomic E-state index is -1.35. The Hall–Kier alpha value is -5.50. The molecule has 1 aromatic carbocycles. The van der Waals surface area contributed by atoms with Gasteiger partial charge in [-0.3, -0.25) is 43.3 Å². The van der Waals surface area contributed by atoms with Crippen molar-refractivity contribution in [3.63, 3.8) is 0 Å². The van der Waals surface area contributed by atoms with Gasteiger partial charge >= 0.3 is 0 Å². The van der Waals surface area contributed by atoms with Crippen LogP contribution in [0.2, 0.25) is 5.02 Å². The van der Waals surface area contributed by atoms with Crippen molar-refractivity contribution in [2.75, 3.05) is 19.6 Å². The Balaban J connectivity index is 2.59. The van der Waals surface area contributed by atoms with E-state index in [4.69, 9.17) is 34.5 Å². The number of hydrogen-bond donors (Lipinski definition) is 11. The third-order valence-corrected chi connectivity index (χ3v) is 9.39. The Labute approximate surface area is 342 Å². The predicted octanol–water partition coefficient (Wildman–Crippen LogP) is -2.42. The summed E-state index contributed by atoms with van der Waals surface area (Å²) in [5.41, 5.74) is 22.8. The molecule has 1 saturated heterocycles. The second-order valence-corrected chi connectivity index (χ2v) is 14.4. The van der Waals surface area contributed by atoms with Crippen LogP contribution in [-0.4, -0.2) is 109 Å². The van der Waals surface area contributed by atoms with Gasteiger partial charge in [0, 0.05) is 37.9 Å². The number of unbranched alkanes of at least 4 members (excludes halogenated alkanes) is 1. The van der Waals surface area contributed by atoms with Crippen LogP contribution in [0.1, 0.15) is 83.6 Å². The Kier molecular flexibility index (Phi) is 21.5. The molecule has 1 aliphatic heterocycles. The summed E-state index contributed by atoms with van der Waals surface area (Å²) >= 11 is 6.09. The summed E-state index contributed by atoms with van der Waals surface area (Å²) in [5.74, 6) is -5.92. The maximum Gasteiger partial charge on any atom is 0.243 e. The van der Waals surface area contributed by atoms with E-state index < -0.39 is 83.5 Å². The quantitative estimate of drug-likeness (QED) is 0.0473. The van der Waals surface area contributed by atoms with E-state index in [9.17, 15) is 38.4 Å². The first-order chi connectivity index (χ1) is 27.5. The van der Waals surface area contributed by atoms with Crippen LogP contribution in [0.4, 0.5) is 0 Å². The van der Waals surface area contributed by atoms with E-state index in [1.165, 1.54) is 6.92 Å². The third kappa shape index (κ3) is 18.2. The lowest BCUT2D eigenvalue weighted by Crippen LogP contribution is -2.60. The molecule has 1 unspecified atom stereocenters. The van der Waals surface area contributed by atoms with E-state index in [-0.39, 0.29) is 83.4 Å². The standard InChI is InChI=1S/C37H59ClN12O8/c1-3-4-7-25(45-21(2)51)32(54)49-28-14-15-30(52)43-19-16-24(31(40)53)46-33(55)27(9-6-18-44-37(41)42)48-36(58)29(20-22-10-12-23(38)13-11-22)50-34(56)26(8-5-17-39)47-35(28)57/h10-13,24-29H,3-9,14-20,39H2,1-2H3,(H2,40,53)(H,43,52)(H,45,51)(H,46,55)(H,47,57)(H,48,58)(H,49,54)(H,50,56)(H4,41,42,44)/t24?,25-,26-,27-,28-,29+/m0/s1. The fourth-order valence-electron chi connectivity index (χ4n) is 5.99. The minimum absolute atomic E-state index is 0.00170. The van der Waals surface area contributed by atoms with Crippen molar-refractivity contribution >= 4 is 64.8 Å². The molecule has 20 nitrogen and oxygen atoms in total. The molecule has 0 radical (unpaired) electrons. The molecule has 2 rings (SSSR count). The SMILES string of the molecule is CCCC[C@H](NC(C)=O)C(=O)N[C@H]1CCC(=O)NCCC(C(N)=O)NC(=O)[C@H](CCCN=C(N)N)NC(=O)[C@@H](Cc2ccc(Cl)cc2)NC(=O)[C@H](CCCN)NC1=O. The number of nitrogens with zero attached hydrogens (tertiary/aromatic N) is 1. The average Bonchev–Trinajstić information content (AvgIpc) is 3.16. The highest BCUT2D eigenvalue weighted by molar-refractivity contribution is 6.30. The number of nitrogens with two attached hydrogens (primary N) is 4. The van der Waals surface area contributed by atoms with Gasteiger partial charge in [-0.15, -0.1) is 0 Å². The van der Waals surface area contributed by atoms with Gasteiger partial charge in [-0.25, -0.2) is 0 Å². The highest BCUT2D eigenvalue weighted by Crippen LogP contribution is 2.13. The number of aliphatic imine (C=N–C) groups is 1. The van der Waals surface area contributed by atoms with Gasteiger partial charge in [0.1, 0.15) is 36.3 Å². The lowest BCUT2D eigenvalue weighted by atomic mass is 10.0. The summed E-state index contributed by atoms with van der Waals surface area (Å²) in [6.45, 7) is 3.30. The van der Waals surface area contributed by atoms with Crippen LogP contribution in [0.3, 0.4) is 0 Å². The summed E-state index contributed by atoms with van der Waals surface area (Å²) in [5, 5.41) is 18.8. The molecule has 322 valence electrons. The van der Waals surface area contributed by atoms with Crippen molar-refractivity contribution in [2.45, 2.75) is 121 Å². The number of rotatable bonds is 16. The lowest BCUT2D eigenvalue weighted by Gasteiger charge is -2.27. The van der Waals surface area contributed by atoms with E-state index in [1.807, 2.05) is 6.92 Å². The van der Waals surface area contributed by atoms with Gasteiger partial charge in [0.05, 0.1) is 0 Å². The summed E-state index contributed by atoms with van der Waals surface area (Å²) < 4.78 is 0. The van der Waals surface area contributed by atoms with E-state index in [1.54, 1.807) is 24.3 Å². The number of amides is 8. The lowest BCUT2D eigenvalue weighted by molar-refractivity contribution is -0.135. The van der Waals surface area contributed by atoms with Gasteiger partial charge in [-0.05, 0) is 69.2 Å². The number of hydrogen-bond acceptors (Lipinski definition) is 10. The molecule has 15 N–H and O–H groups in total. The zero-order valence-electron chi connectivity index (χ0n) is 33.1. The summed E-state index contributed by atoms with van der Waals surface area (Å²) in [6.07, 6.45) is 1.40. The topological polar surface area (TPSA) is 337 Å². The van der Waals surface area contributed by atoms with Crippen molar-refractivity contribution in [3.05, 3.63) is 34.9 Å². The Morgan fingerprint density at radius 1 is 0.845 bits per heavy atom. The molecular formula is C37H59ClN12O8. The Morgan fingerprint density at radius 3 is 2.05 bits per heavy atom. The molecule has 0 spiro atoms. The number of carbonyl (C=O) groups is 8. The molecule has 21 heteroatoms. The van der Waals surface area contributed by atoms with Gasteiger partial charge in [-0.2, -0.15) is 0 Å². The van der Waals surface area contributed by atoms with Crippen LogP contribution in [0, 0.1) is 0 Å². The maximum atomic E-state index is 14.1. The van der Waals surface area contributed by atoms with Crippen LogP contribution in [0.15, 0.2) is 29.3 Å². The molecule has 1 aromatic rings. The fraction of sp³-hybridized carbons (Fsp3) is 0.595. The first kappa shape index (κ1) is 48.6. The van der Waals surface area contributed by atoms with Crippen molar-refractivity contribution in [1.82, 2.24) is 37.2 Å². The molecule has 0 saturated carbocycles. The smallest absolute Gasteiger partial charge is 0.243 e. The average molecular weight is 835 g/mol. The van der Waals surface area contributed by atoms with Gasteiger partial charge in [0.2, 0.25) is 47.3 Å². The molecule has 0 aromatic heterocycles. The number of carbonyl (C=O) groups excluding carboxylic acids is 8. The van der Waals surface area contributed by atoms with E-state index >= 15 is 0 Å². The first-order valence-corrected chi connectivity index (χ1v) is 19.8. The second-order valence-electron chi connectivity index (χ2n) is 14.0. The van der Waals surface area contributed by atoms with Crippen molar-refractivity contribution in [3.8, 4) is 0 Å². The van der Waals surface area contributed by atoms with Crippen molar-refractivity contribution in [2.24, 2.45) is 27.9 Å². The maximum absolute atomic E-state index is 14.1. The van der Waals surface area contributed by atoms with Crippen molar-refractivity contribution < 1.29 is 38.4 Å². The van der Waals surface area contributed by atoms with Crippen LogP contribution < -0.4 is 60.2 Å². The van der Waals surface area contributed by atoms with Gasteiger partial charge < -0.3 is 60.2 Å². The zero-order chi connectivity index (χ0) is 43.2. The molecule has 1 fully saturated rings. The zero-order valence-corrected chi connectivity index (χ0v) is 33.8. The van der Waals surface area contributed by atoms with Gasteiger partial charge in [-0.1, -0.05) is 43.5 Å². The number of primary amides is 1. The Morgan fingerprint density at radius 2 is 1.45 bits per heavy atom. The molecule has 58 heavy (non-hydrogen) atoms. The second kappa shape index (κ2) is 25.7. The highest BCUT2D eigenvalue weighted by atomic mass is 35.5.